The third kappa shape index (κ3) is 2.82. The fourth-order valence-electron chi connectivity index (χ4n) is 3.54. The molecule has 0 spiro atoms. The first-order valence-corrected chi connectivity index (χ1v) is 8.22. The van der Waals surface area contributed by atoms with E-state index in [9.17, 15) is 0 Å². The van der Waals surface area contributed by atoms with E-state index in [0.29, 0.717) is 0 Å². The van der Waals surface area contributed by atoms with Crippen molar-refractivity contribution in [3.8, 4) is 0 Å². The smallest absolute Gasteiger partial charge is 0.0707 e. The Bertz CT molecular complexity index is 808. The molecule has 1 aromatic carbocycles. The molecule has 1 aliphatic rings. The van der Waals surface area contributed by atoms with E-state index >= 15 is 0 Å². The molecule has 3 heterocycles. The van der Waals surface area contributed by atoms with E-state index in [1.807, 2.05) is 12.4 Å². The Balaban J connectivity index is 1.39. The van der Waals surface area contributed by atoms with Gasteiger partial charge in [0.15, 0.2) is 0 Å². The molecule has 2 aromatic heterocycles. The van der Waals surface area contributed by atoms with Gasteiger partial charge in [-0.2, -0.15) is 0 Å². The van der Waals surface area contributed by atoms with Crippen LogP contribution in [-0.2, 0) is 13.0 Å². The molecule has 0 fully saturated rings. The molecule has 0 amide bonds. The van der Waals surface area contributed by atoms with Crippen LogP contribution in [0.1, 0.15) is 17.5 Å². The number of hydrogen-bond donors (Lipinski definition) is 1. The summed E-state index contributed by atoms with van der Waals surface area (Å²) in [6, 6.07) is 10.7. The summed E-state index contributed by atoms with van der Waals surface area (Å²) in [5.74, 6) is 0. The van der Waals surface area contributed by atoms with Gasteiger partial charge in [-0.15, -0.1) is 0 Å². The zero-order valence-corrected chi connectivity index (χ0v) is 13.5. The highest BCUT2D eigenvalue weighted by atomic mass is 15.3. The van der Waals surface area contributed by atoms with Gasteiger partial charge >= 0.3 is 0 Å². The lowest BCUT2D eigenvalue weighted by atomic mass is 10.1. The largest absolute Gasteiger partial charge is 0.361 e. The van der Waals surface area contributed by atoms with Gasteiger partial charge in [0.1, 0.15) is 0 Å². The standard InChI is InChI=1S/C19H22N4/c1-22-14-23(13-16-8-9-20-12-19(16)22)10-4-5-15-11-21-18-7-3-2-6-17(15)18/h2-3,6-9,11-12,21H,4-5,10,13-14H2,1H3. The monoisotopic (exact) mass is 306 g/mol. The highest BCUT2D eigenvalue weighted by Gasteiger charge is 2.19. The average Bonchev–Trinajstić information content (AvgIpc) is 2.98. The molecule has 0 aliphatic carbocycles. The van der Waals surface area contributed by atoms with E-state index < -0.39 is 0 Å². The number of H-pyrrole nitrogens is 1. The van der Waals surface area contributed by atoms with E-state index in [2.05, 4.69) is 63.3 Å². The van der Waals surface area contributed by atoms with Crippen LogP contribution in [0.25, 0.3) is 10.9 Å². The molecular formula is C19H22N4. The summed E-state index contributed by atoms with van der Waals surface area (Å²) in [5.41, 5.74) is 5.30. The first-order valence-electron chi connectivity index (χ1n) is 8.22. The predicted molar refractivity (Wildman–Crippen MR) is 94.5 cm³/mol. The lowest BCUT2D eigenvalue weighted by Crippen LogP contribution is -2.40. The lowest BCUT2D eigenvalue weighted by Gasteiger charge is -2.35. The topological polar surface area (TPSA) is 35.2 Å². The fraction of sp³-hybridized carbons (Fsp3) is 0.316. The first kappa shape index (κ1) is 14.3. The maximum absolute atomic E-state index is 4.23. The van der Waals surface area contributed by atoms with Crippen molar-refractivity contribution in [3.63, 3.8) is 0 Å². The lowest BCUT2D eigenvalue weighted by molar-refractivity contribution is 0.254. The second-order valence-electron chi connectivity index (χ2n) is 6.36. The SMILES string of the molecule is CN1CN(CCCc2c[nH]c3ccccc23)Cc2ccncc21. The molecule has 0 unspecified atom stereocenters. The Labute approximate surface area is 136 Å². The third-order valence-corrected chi connectivity index (χ3v) is 4.70. The Morgan fingerprint density at radius 3 is 3.09 bits per heavy atom. The van der Waals surface area contributed by atoms with E-state index in [1.165, 1.54) is 34.1 Å². The summed E-state index contributed by atoms with van der Waals surface area (Å²) in [7, 11) is 2.15. The number of nitrogens with one attached hydrogen (secondary N) is 1. The van der Waals surface area contributed by atoms with Crippen molar-refractivity contribution < 1.29 is 0 Å². The van der Waals surface area contributed by atoms with E-state index in [-0.39, 0.29) is 0 Å². The molecule has 0 bridgehead atoms. The van der Waals surface area contributed by atoms with Crippen LogP contribution in [0.15, 0.2) is 48.9 Å². The maximum Gasteiger partial charge on any atom is 0.0707 e. The van der Waals surface area contributed by atoms with Crippen molar-refractivity contribution in [2.24, 2.45) is 0 Å². The minimum atomic E-state index is 0.979. The molecule has 1 aliphatic heterocycles. The Kier molecular flexibility index (Phi) is 3.75. The Morgan fingerprint density at radius 1 is 1.22 bits per heavy atom. The van der Waals surface area contributed by atoms with Crippen LogP contribution in [0.2, 0.25) is 0 Å². The maximum atomic E-state index is 4.23. The van der Waals surface area contributed by atoms with Gasteiger partial charge in [-0.25, -0.2) is 0 Å². The number of rotatable bonds is 4. The Hall–Kier alpha value is -2.33. The summed E-state index contributed by atoms with van der Waals surface area (Å²) in [5, 5.41) is 1.36. The van der Waals surface area contributed by atoms with Gasteiger partial charge < -0.3 is 9.88 Å². The highest BCUT2D eigenvalue weighted by molar-refractivity contribution is 5.82. The van der Waals surface area contributed by atoms with Gasteiger partial charge in [0.2, 0.25) is 0 Å². The zero-order valence-electron chi connectivity index (χ0n) is 13.5. The van der Waals surface area contributed by atoms with Crippen LogP contribution >= 0.6 is 0 Å². The summed E-state index contributed by atoms with van der Waals surface area (Å²) in [6.45, 7) is 3.12. The third-order valence-electron chi connectivity index (χ3n) is 4.70. The number of aromatic amines is 1. The molecular weight excluding hydrogens is 284 g/mol. The van der Waals surface area contributed by atoms with Gasteiger partial charge in [0, 0.05) is 43.4 Å². The van der Waals surface area contributed by atoms with Crippen molar-refractivity contribution >= 4 is 16.6 Å². The zero-order chi connectivity index (χ0) is 15.6. The number of pyridine rings is 1. The molecule has 3 aromatic rings. The van der Waals surface area contributed by atoms with Gasteiger partial charge in [-0.1, -0.05) is 18.2 Å². The van der Waals surface area contributed by atoms with Crippen molar-refractivity contribution in [2.75, 3.05) is 25.2 Å². The van der Waals surface area contributed by atoms with E-state index in [1.54, 1.807) is 0 Å². The highest BCUT2D eigenvalue weighted by Crippen LogP contribution is 2.25. The molecule has 1 N–H and O–H groups in total. The Morgan fingerprint density at radius 2 is 2.13 bits per heavy atom. The fourth-order valence-corrected chi connectivity index (χ4v) is 3.54. The van der Waals surface area contributed by atoms with Gasteiger partial charge in [-0.05, 0) is 36.1 Å². The summed E-state index contributed by atoms with van der Waals surface area (Å²) in [6.07, 6.45) is 8.32. The van der Waals surface area contributed by atoms with Crippen LogP contribution < -0.4 is 4.90 Å². The van der Waals surface area contributed by atoms with Crippen LogP contribution in [0, 0.1) is 0 Å². The minimum absolute atomic E-state index is 0.979. The molecule has 4 rings (SSSR count). The molecule has 4 nitrogen and oxygen atoms in total. The number of fused-ring (bicyclic) bond motifs is 2. The summed E-state index contributed by atoms with van der Waals surface area (Å²) in [4.78, 5) is 12.4. The van der Waals surface area contributed by atoms with E-state index in [0.717, 1.165) is 26.2 Å². The van der Waals surface area contributed by atoms with Gasteiger partial charge in [0.25, 0.3) is 0 Å². The number of para-hydroxylation sites is 1. The number of benzene rings is 1. The molecule has 0 saturated heterocycles. The molecule has 118 valence electrons. The number of anilines is 1. The first-order chi connectivity index (χ1) is 11.3. The number of aromatic nitrogens is 2. The van der Waals surface area contributed by atoms with Gasteiger partial charge in [0.05, 0.1) is 18.6 Å². The van der Waals surface area contributed by atoms with Gasteiger partial charge in [-0.3, -0.25) is 9.88 Å². The van der Waals surface area contributed by atoms with E-state index in [4.69, 9.17) is 0 Å². The van der Waals surface area contributed by atoms with Crippen molar-refractivity contribution in [2.45, 2.75) is 19.4 Å². The van der Waals surface area contributed by atoms with Crippen molar-refractivity contribution in [1.82, 2.24) is 14.9 Å². The number of aryl methyl sites for hydroxylation is 1. The second-order valence-corrected chi connectivity index (χ2v) is 6.36. The molecule has 0 saturated carbocycles. The predicted octanol–water partition coefficient (Wildman–Crippen LogP) is 3.41. The molecule has 0 atom stereocenters. The van der Waals surface area contributed by atoms with Crippen LogP contribution in [0.5, 0.6) is 0 Å². The van der Waals surface area contributed by atoms with Crippen LogP contribution in [-0.4, -0.2) is 35.1 Å². The second kappa shape index (κ2) is 6.05. The van der Waals surface area contributed by atoms with Crippen LogP contribution in [0.3, 0.4) is 0 Å². The number of hydrogen-bond acceptors (Lipinski definition) is 3. The average molecular weight is 306 g/mol. The normalized spacial score (nSPS) is 15.1. The number of nitrogens with zero attached hydrogens (tertiary/aromatic N) is 3. The summed E-state index contributed by atoms with van der Waals surface area (Å²) < 4.78 is 0. The van der Waals surface area contributed by atoms with Crippen LogP contribution in [0.4, 0.5) is 5.69 Å². The molecule has 23 heavy (non-hydrogen) atoms. The quantitative estimate of drug-likeness (QED) is 0.802. The van der Waals surface area contributed by atoms with Crippen molar-refractivity contribution in [1.29, 1.82) is 0 Å². The summed E-state index contributed by atoms with van der Waals surface area (Å²) >= 11 is 0. The van der Waals surface area contributed by atoms with Crippen molar-refractivity contribution in [3.05, 3.63) is 60.0 Å². The molecule has 4 heteroatoms. The minimum Gasteiger partial charge on any atom is -0.361 e. The molecule has 0 radical (unpaired) electrons.